The number of aromatic nitrogens is 2. The lowest BCUT2D eigenvalue weighted by molar-refractivity contribution is 0.397. The van der Waals surface area contributed by atoms with Crippen LogP contribution >= 0.6 is 0 Å². The molecule has 1 heterocycles. The average molecular weight is 233 g/mol. The first-order chi connectivity index (χ1) is 8.13. The number of hydrogen-bond donors (Lipinski definition) is 1. The van der Waals surface area contributed by atoms with Crippen molar-refractivity contribution in [2.75, 3.05) is 12.8 Å². The monoisotopic (exact) mass is 233 g/mol. The Hall–Kier alpha value is -2.17. The quantitative estimate of drug-likeness (QED) is 0.807. The van der Waals surface area contributed by atoms with Crippen molar-refractivity contribution < 1.29 is 9.13 Å². The van der Waals surface area contributed by atoms with Crippen molar-refractivity contribution >= 4 is 5.69 Å². The van der Waals surface area contributed by atoms with Crippen LogP contribution in [0.5, 0.6) is 5.88 Å². The molecule has 0 spiro atoms. The van der Waals surface area contributed by atoms with Gasteiger partial charge in [0, 0.05) is 23.6 Å². The number of halogens is 1. The Morgan fingerprint density at radius 3 is 2.65 bits per heavy atom. The second-order valence-electron chi connectivity index (χ2n) is 3.60. The maximum absolute atomic E-state index is 13.9. The Balaban J connectivity index is 2.64. The number of nitrogens with zero attached hydrogens (tertiary/aromatic N) is 2. The van der Waals surface area contributed by atoms with Gasteiger partial charge in [0.1, 0.15) is 11.5 Å². The van der Waals surface area contributed by atoms with Crippen molar-refractivity contribution in [1.29, 1.82) is 0 Å². The highest BCUT2D eigenvalue weighted by Crippen LogP contribution is 2.30. The molecule has 0 aliphatic rings. The average Bonchev–Trinajstić information content (AvgIpc) is 2.34. The number of ether oxygens (including phenoxy) is 1. The van der Waals surface area contributed by atoms with Gasteiger partial charge in [-0.3, -0.25) is 0 Å². The van der Waals surface area contributed by atoms with E-state index in [0.29, 0.717) is 16.9 Å². The minimum absolute atomic E-state index is 0.273. The van der Waals surface area contributed by atoms with Crippen LogP contribution in [0.4, 0.5) is 10.1 Å². The lowest BCUT2D eigenvalue weighted by Crippen LogP contribution is -1.98. The van der Waals surface area contributed by atoms with E-state index in [1.54, 1.807) is 6.92 Å². The highest BCUT2D eigenvalue weighted by molar-refractivity contribution is 5.70. The summed E-state index contributed by atoms with van der Waals surface area (Å²) in [5.41, 5.74) is 7.60. The predicted molar refractivity (Wildman–Crippen MR) is 63.1 cm³/mol. The molecule has 0 amide bonds. The van der Waals surface area contributed by atoms with Crippen LogP contribution in [0, 0.1) is 12.7 Å². The van der Waals surface area contributed by atoms with Crippen molar-refractivity contribution in [3.63, 3.8) is 0 Å². The van der Waals surface area contributed by atoms with Gasteiger partial charge in [0.2, 0.25) is 5.88 Å². The van der Waals surface area contributed by atoms with E-state index in [4.69, 9.17) is 10.5 Å². The predicted octanol–water partition coefficient (Wildman–Crippen LogP) is 2.18. The van der Waals surface area contributed by atoms with E-state index in [0.717, 1.165) is 0 Å². The summed E-state index contributed by atoms with van der Waals surface area (Å²) in [7, 11) is 1.46. The summed E-state index contributed by atoms with van der Waals surface area (Å²) in [5.74, 6) is -0.120. The molecule has 5 heteroatoms. The molecule has 88 valence electrons. The van der Waals surface area contributed by atoms with Crippen LogP contribution in [0.25, 0.3) is 11.3 Å². The first kappa shape index (κ1) is 11.3. The first-order valence-corrected chi connectivity index (χ1v) is 5.04. The summed E-state index contributed by atoms with van der Waals surface area (Å²) in [6.07, 6.45) is 2.96. The molecule has 0 unspecified atom stereocenters. The molecule has 0 atom stereocenters. The number of rotatable bonds is 2. The standard InChI is InChI=1S/C12H12FN3O/c1-7-5-9(13)8(6-10(7)14)11-12(17-2)16-4-3-15-11/h3-6H,14H2,1-2H3. The summed E-state index contributed by atoms with van der Waals surface area (Å²) < 4.78 is 18.9. The SMILES string of the molecule is COc1nccnc1-c1cc(N)c(C)cc1F. The van der Waals surface area contributed by atoms with Gasteiger partial charge in [0.05, 0.1) is 7.11 Å². The van der Waals surface area contributed by atoms with Crippen molar-refractivity contribution in [3.05, 3.63) is 35.9 Å². The van der Waals surface area contributed by atoms with Crippen LogP contribution in [0.2, 0.25) is 0 Å². The fraction of sp³-hybridized carbons (Fsp3) is 0.167. The molecule has 2 N–H and O–H groups in total. The number of nitrogen functional groups attached to an aromatic ring is 1. The van der Waals surface area contributed by atoms with E-state index in [1.165, 1.54) is 31.6 Å². The molecule has 0 aliphatic carbocycles. The number of hydrogen-bond acceptors (Lipinski definition) is 4. The largest absolute Gasteiger partial charge is 0.479 e. The number of benzene rings is 1. The molecule has 0 radical (unpaired) electrons. The molecule has 17 heavy (non-hydrogen) atoms. The summed E-state index contributed by atoms with van der Waals surface area (Å²) in [6, 6.07) is 2.91. The third-order valence-electron chi connectivity index (χ3n) is 2.47. The number of anilines is 1. The van der Waals surface area contributed by atoms with Crippen molar-refractivity contribution in [3.8, 4) is 17.1 Å². The first-order valence-electron chi connectivity index (χ1n) is 5.04. The second-order valence-corrected chi connectivity index (χ2v) is 3.60. The minimum Gasteiger partial charge on any atom is -0.479 e. The zero-order chi connectivity index (χ0) is 12.4. The van der Waals surface area contributed by atoms with Crippen LogP contribution in [0.1, 0.15) is 5.56 Å². The fourth-order valence-electron chi connectivity index (χ4n) is 1.53. The van der Waals surface area contributed by atoms with Crippen LogP contribution in [-0.2, 0) is 0 Å². The van der Waals surface area contributed by atoms with Gasteiger partial charge in [-0.2, -0.15) is 0 Å². The van der Waals surface area contributed by atoms with Gasteiger partial charge in [0.15, 0.2) is 0 Å². The van der Waals surface area contributed by atoms with Crippen molar-refractivity contribution in [1.82, 2.24) is 9.97 Å². The van der Waals surface area contributed by atoms with E-state index in [2.05, 4.69) is 9.97 Å². The topological polar surface area (TPSA) is 61.0 Å². The van der Waals surface area contributed by atoms with Gasteiger partial charge >= 0.3 is 0 Å². The molecule has 1 aromatic carbocycles. The number of nitrogens with two attached hydrogens (primary N) is 1. The Bertz CT molecular complexity index is 557. The molecule has 0 bridgehead atoms. The maximum Gasteiger partial charge on any atom is 0.240 e. The normalized spacial score (nSPS) is 10.3. The van der Waals surface area contributed by atoms with E-state index in [-0.39, 0.29) is 11.4 Å². The van der Waals surface area contributed by atoms with Gasteiger partial charge in [-0.25, -0.2) is 14.4 Å². The van der Waals surface area contributed by atoms with Crippen LogP contribution in [0.15, 0.2) is 24.5 Å². The van der Waals surface area contributed by atoms with Gasteiger partial charge in [-0.1, -0.05) is 0 Å². The summed E-state index contributed by atoms with van der Waals surface area (Å²) >= 11 is 0. The lowest BCUT2D eigenvalue weighted by Gasteiger charge is -2.09. The van der Waals surface area contributed by atoms with Crippen molar-refractivity contribution in [2.24, 2.45) is 0 Å². The van der Waals surface area contributed by atoms with Crippen LogP contribution in [-0.4, -0.2) is 17.1 Å². The van der Waals surface area contributed by atoms with Gasteiger partial charge in [-0.15, -0.1) is 0 Å². The van der Waals surface area contributed by atoms with Crippen LogP contribution in [0.3, 0.4) is 0 Å². The van der Waals surface area contributed by atoms with E-state index in [1.807, 2.05) is 0 Å². The zero-order valence-corrected chi connectivity index (χ0v) is 9.57. The lowest BCUT2D eigenvalue weighted by atomic mass is 10.1. The highest BCUT2D eigenvalue weighted by atomic mass is 19.1. The van der Waals surface area contributed by atoms with E-state index < -0.39 is 5.82 Å². The molecule has 0 saturated heterocycles. The molecule has 2 rings (SSSR count). The molecule has 4 nitrogen and oxygen atoms in total. The highest BCUT2D eigenvalue weighted by Gasteiger charge is 2.14. The summed E-state index contributed by atoms with van der Waals surface area (Å²) in [5, 5.41) is 0. The van der Waals surface area contributed by atoms with E-state index >= 15 is 0 Å². The molecular weight excluding hydrogens is 221 g/mol. The van der Waals surface area contributed by atoms with Gasteiger partial charge < -0.3 is 10.5 Å². The van der Waals surface area contributed by atoms with E-state index in [9.17, 15) is 4.39 Å². The van der Waals surface area contributed by atoms with Gasteiger partial charge in [-0.05, 0) is 24.6 Å². The third-order valence-corrected chi connectivity index (χ3v) is 2.47. The number of methoxy groups -OCH3 is 1. The van der Waals surface area contributed by atoms with Crippen molar-refractivity contribution in [2.45, 2.75) is 6.92 Å². The smallest absolute Gasteiger partial charge is 0.240 e. The number of aryl methyl sites for hydroxylation is 1. The third kappa shape index (κ3) is 2.04. The minimum atomic E-state index is -0.393. The molecule has 0 saturated carbocycles. The maximum atomic E-state index is 13.9. The Labute approximate surface area is 98.3 Å². The second kappa shape index (κ2) is 4.37. The van der Waals surface area contributed by atoms with Gasteiger partial charge in [0.25, 0.3) is 0 Å². The Morgan fingerprint density at radius 1 is 1.24 bits per heavy atom. The molecule has 2 aromatic rings. The Morgan fingerprint density at radius 2 is 1.94 bits per heavy atom. The molecule has 0 fully saturated rings. The molecular formula is C12H12FN3O. The summed E-state index contributed by atoms with van der Waals surface area (Å²) in [6.45, 7) is 1.75. The molecule has 1 aromatic heterocycles. The molecule has 0 aliphatic heterocycles. The summed E-state index contributed by atoms with van der Waals surface area (Å²) in [4.78, 5) is 8.04. The van der Waals surface area contributed by atoms with Crippen LogP contribution < -0.4 is 10.5 Å². The zero-order valence-electron chi connectivity index (χ0n) is 9.57. The Kier molecular flexibility index (Phi) is 2.91. The fourth-order valence-corrected chi connectivity index (χ4v) is 1.53.